The van der Waals surface area contributed by atoms with Crippen LogP contribution in [0.2, 0.25) is 0 Å². The first-order valence-corrected chi connectivity index (χ1v) is 11.9. The number of thioether (sulfide) groups is 1. The third kappa shape index (κ3) is 3.75. The Morgan fingerprint density at radius 3 is 2.13 bits per heavy atom. The zero-order chi connectivity index (χ0) is 21.2. The first kappa shape index (κ1) is 19.9. The van der Waals surface area contributed by atoms with Gasteiger partial charge in [0.15, 0.2) is 5.16 Å². The van der Waals surface area contributed by atoms with Crippen LogP contribution < -0.4 is 4.90 Å². The number of anilines is 2. The van der Waals surface area contributed by atoms with Gasteiger partial charge in [0.2, 0.25) is 5.91 Å². The minimum atomic E-state index is 0.0193. The van der Waals surface area contributed by atoms with Gasteiger partial charge in [0.1, 0.15) is 5.82 Å². The summed E-state index contributed by atoms with van der Waals surface area (Å²) in [6, 6.07) is 26.1. The second-order valence-corrected chi connectivity index (χ2v) is 9.00. The molecule has 31 heavy (non-hydrogen) atoms. The summed E-state index contributed by atoms with van der Waals surface area (Å²) in [4.78, 5) is 17.5. The van der Waals surface area contributed by atoms with Gasteiger partial charge in [-0.25, -0.2) is 0 Å². The zero-order valence-corrected chi connectivity index (χ0v) is 18.6. The van der Waals surface area contributed by atoms with E-state index in [1.54, 1.807) is 11.8 Å². The molecule has 5 rings (SSSR count). The Kier molecular flexibility index (Phi) is 5.53. The van der Waals surface area contributed by atoms with Crippen molar-refractivity contribution in [1.82, 2.24) is 14.8 Å². The molecule has 7 heteroatoms. The fourth-order valence-corrected chi connectivity index (χ4v) is 5.50. The second-order valence-electron chi connectivity index (χ2n) is 6.98. The zero-order valence-electron chi connectivity index (χ0n) is 16.9. The van der Waals surface area contributed by atoms with Crippen molar-refractivity contribution in [2.75, 3.05) is 10.7 Å². The van der Waals surface area contributed by atoms with Crippen LogP contribution in [0.4, 0.5) is 11.4 Å². The lowest BCUT2D eigenvalue weighted by molar-refractivity contribution is -0.115. The summed E-state index contributed by atoms with van der Waals surface area (Å²) in [6.07, 6.45) is 0.764. The van der Waals surface area contributed by atoms with Crippen LogP contribution in [0.25, 0.3) is 5.69 Å². The summed E-state index contributed by atoms with van der Waals surface area (Å²) in [5, 5.41) is 9.43. The molecule has 0 atom stereocenters. The molecule has 0 bridgehead atoms. The number of hydrogen-bond acceptors (Lipinski definition) is 5. The van der Waals surface area contributed by atoms with Crippen LogP contribution in [0.3, 0.4) is 0 Å². The van der Waals surface area contributed by atoms with E-state index in [0.717, 1.165) is 44.3 Å². The van der Waals surface area contributed by atoms with Crippen LogP contribution in [-0.4, -0.2) is 26.4 Å². The van der Waals surface area contributed by atoms with Crippen molar-refractivity contribution in [2.45, 2.75) is 28.3 Å². The van der Waals surface area contributed by atoms with Gasteiger partial charge in [-0.2, -0.15) is 0 Å². The van der Waals surface area contributed by atoms with Crippen LogP contribution in [0.15, 0.2) is 93.8 Å². The van der Waals surface area contributed by atoms with Gasteiger partial charge >= 0.3 is 0 Å². The molecule has 1 aliphatic heterocycles. The smallest absolute Gasteiger partial charge is 0.242 e. The van der Waals surface area contributed by atoms with E-state index < -0.39 is 0 Å². The molecule has 4 aromatic rings. The molecule has 0 N–H and O–H groups in total. The summed E-state index contributed by atoms with van der Waals surface area (Å²) in [7, 11) is 0. The number of carbonyl (C=O) groups is 1. The third-order valence-corrected chi connectivity index (χ3v) is 7.08. The first-order valence-electron chi connectivity index (χ1n) is 10.1. The van der Waals surface area contributed by atoms with E-state index in [2.05, 4.69) is 29.3 Å². The predicted octanol–water partition coefficient (Wildman–Crippen LogP) is 5.75. The summed E-state index contributed by atoms with van der Waals surface area (Å²) in [5.41, 5.74) is 2.86. The average molecular weight is 445 g/mol. The Balaban J connectivity index is 1.45. The number of rotatable bonds is 5. The standard InChI is InChI=1S/C24H20N4OS2/c1-2-22-25-26-24(27(22)17-10-4-3-5-11-17)30-16-23(29)28-18-12-6-8-14-20(18)31-21-15-9-7-13-19(21)28/h3-15H,2,16H2,1H3. The minimum absolute atomic E-state index is 0.0193. The van der Waals surface area contributed by atoms with Crippen molar-refractivity contribution in [2.24, 2.45) is 0 Å². The summed E-state index contributed by atoms with van der Waals surface area (Å²) in [6.45, 7) is 2.06. The molecule has 3 aromatic carbocycles. The first-order chi connectivity index (χ1) is 15.3. The number of benzene rings is 3. The van der Waals surface area contributed by atoms with Crippen molar-refractivity contribution in [3.05, 3.63) is 84.7 Å². The molecule has 0 unspecified atom stereocenters. The van der Waals surface area contributed by atoms with E-state index in [1.807, 2.05) is 76.2 Å². The van der Waals surface area contributed by atoms with Gasteiger partial charge in [-0.3, -0.25) is 14.3 Å². The SMILES string of the molecule is CCc1nnc(SCC(=O)N2c3ccccc3Sc3ccccc32)n1-c1ccccc1. The molecule has 0 fully saturated rings. The highest BCUT2D eigenvalue weighted by atomic mass is 32.2. The number of carbonyl (C=O) groups excluding carboxylic acids is 1. The van der Waals surface area contributed by atoms with Crippen LogP contribution in [0.1, 0.15) is 12.7 Å². The molecule has 0 saturated carbocycles. The molecule has 5 nitrogen and oxygen atoms in total. The lowest BCUT2D eigenvalue weighted by Gasteiger charge is -2.30. The molecule has 1 amide bonds. The highest BCUT2D eigenvalue weighted by Gasteiger charge is 2.28. The van der Waals surface area contributed by atoms with E-state index in [-0.39, 0.29) is 11.7 Å². The summed E-state index contributed by atoms with van der Waals surface area (Å²) >= 11 is 3.12. The van der Waals surface area contributed by atoms with Crippen LogP contribution >= 0.6 is 23.5 Å². The maximum atomic E-state index is 13.5. The molecule has 0 spiro atoms. The van der Waals surface area contributed by atoms with Gasteiger partial charge in [0.05, 0.1) is 17.1 Å². The Hall–Kier alpha value is -3.03. The topological polar surface area (TPSA) is 51.0 Å². The Labute approximate surface area is 189 Å². The van der Waals surface area contributed by atoms with Crippen molar-refractivity contribution >= 4 is 40.8 Å². The molecule has 1 aromatic heterocycles. The highest BCUT2D eigenvalue weighted by molar-refractivity contribution is 8.00. The van der Waals surface area contributed by atoms with Gasteiger partial charge in [0.25, 0.3) is 0 Å². The Bertz CT molecular complexity index is 1190. The summed E-state index contributed by atoms with van der Waals surface area (Å²) < 4.78 is 2.03. The normalized spacial score (nSPS) is 12.4. The van der Waals surface area contributed by atoms with E-state index in [1.165, 1.54) is 11.8 Å². The van der Waals surface area contributed by atoms with Crippen LogP contribution in [0, 0.1) is 0 Å². The lowest BCUT2D eigenvalue weighted by atomic mass is 10.2. The second kappa shape index (κ2) is 8.61. The monoisotopic (exact) mass is 444 g/mol. The van der Waals surface area contributed by atoms with Gasteiger partial charge < -0.3 is 0 Å². The van der Waals surface area contributed by atoms with Gasteiger partial charge in [0, 0.05) is 21.9 Å². The van der Waals surface area contributed by atoms with Crippen LogP contribution in [-0.2, 0) is 11.2 Å². The molecule has 0 aliphatic carbocycles. The fourth-order valence-electron chi connectivity index (χ4n) is 3.62. The number of amides is 1. The van der Waals surface area contributed by atoms with Crippen LogP contribution in [0.5, 0.6) is 0 Å². The Morgan fingerprint density at radius 1 is 0.871 bits per heavy atom. The third-order valence-electron chi connectivity index (χ3n) is 5.04. The number of hydrogen-bond donors (Lipinski definition) is 0. The molecule has 154 valence electrons. The summed E-state index contributed by atoms with van der Waals surface area (Å²) in [5.74, 6) is 1.17. The molecular formula is C24H20N4OS2. The highest BCUT2D eigenvalue weighted by Crippen LogP contribution is 2.48. The van der Waals surface area contributed by atoms with Crippen molar-refractivity contribution in [3.8, 4) is 5.69 Å². The number of nitrogens with zero attached hydrogens (tertiary/aromatic N) is 4. The minimum Gasteiger partial charge on any atom is -0.278 e. The molecule has 2 heterocycles. The van der Waals surface area contributed by atoms with Crippen molar-refractivity contribution < 1.29 is 4.79 Å². The Morgan fingerprint density at radius 2 is 1.48 bits per heavy atom. The number of para-hydroxylation sites is 3. The molecular weight excluding hydrogens is 424 g/mol. The van der Waals surface area contributed by atoms with Crippen molar-refractivity contribution in [1.29, 1.82) is 0 Å². The van der Waals surface area contributed by atoms with E-state index in [4.69, 9.17) is 0 Å². The average Bonchev–Trinajstić information content (AvgIpc) is 3.24. The van der Waals surface area contributed by atoms with E-state index in [9.17, 15) is 4.79 Å². The lowest BCUT2D eigenvalue weighted by Crippen LogP contribution is -2.30. The van der Waals surface area contributed by atoms with Gasteiger partial charge in [-0.1, -0.05) is 72.9 Å². The largest absolute Gasteiger partial charge is 0.278 e. The molecule has 1 aliphatic rings. The predicted molar refractivity (Wildman–Crippen MR) is 126 cm³/mol. The maximum Gasteiger partial charge on any atom is 0.242 e. The molecule has 0 saturated heterocycles. The maximum absolute atomic E-state index is 13.5. The van der Waals surface area contributed by atoms with Gasteiger partial charge in [-0.15, -0.1) is 10.2 Å². The number of aromatic nitrogens is 3. The fraction of sp³-hybridized carbons (Fsp3) is 0.125. The molecule has 0 radical (unpaired) electrons. The van der Waals surface area contributed by atoms with Crippen molar-refractivity contribution in [3.63, 3.8) is 0 Å². The quantitative estimate of drug-likeness (QED) is 0.367. The van der Waals surface area contributed by atoms with Gasteiger partial charge in [-0.05, 0) is 36.4 Å². The van der Waals surface area contributed by atoms with E-state index in [0.29, 0.717) is 0 Å². The number of aryl methyl sites for hydroxylation is 1. The van der Waals surface area contributed by atoms with E-state index >= 15 is 0 Å². The number of fused-ring (bicyclic) bond motifs is 2.